The molecular formula is C62H45NO. The van der Waals surface area contributed by atoms with Gasteiger partial charge in [0.05, 0.1) is 5.41 Å². The van der Waals surface area contributed by atoms with Crippen LogP contribution in [0.1, 0.15) is 47.6 Å². The second-order valence-corrected chi connectivity index (χ2v) is 17.4. The van der Waals surface area contributed by atoms with Gasteiger partial charge in [-0.3, -0.25) is 0 Å². The van der Waals surface area contributed by atoms with Crippen LogP contribution in [0.25, 0.3) is 66.1 Å². The van der Waals surface area contributed by atoms with E-state index >= 15 is 0 Å². The number of furan rings is 1. The Labute approximate surface area is 374 Å². The summed E-state index contributed by atoms with van der Waals surface area (Å²) in [6.07, 6.45) is 0. The van der Waals surface area contributed by atoms with Crippen LogP contribution in [0.5, 0.6) is 0 Å². The lowest BCUT2D eigenvalue weighted by molar-refractivity contribution is 0.669. The van der Waals surface area contributed by atoms with Crippen LogP contribution in [0.3, 0.4) is 0 Å². The summed E-state index contributed by atoms with van der Waals surface area (Å²) in [6.45, 7) is 4.63. The highest BCUT2D eigenvalue weighted by Crippen LogP contribution is 2.59. The standard InChI is InChI=1S/C62H45NO/c1-41(2)51-26-16-27-57-61(51)53-35-33-50(40-58(53)62(57,46-21-8-4-9-22-46)47-23-10-5-11-24-47)63(49-34-36-60-56(39-49)52-25-14-15-28-59(52)64-60)48-31-29-43(30-32-48)55-38-45-20-13-12-19-44(45)37-54(55)42-17-6-3-7-18-42/h3-41H,1-2H3. The summed E-state index contributed by atoms with van der Waals surface area (Å²) in [6, 6.07) is 84.6. The average molecular weight is 820 g/mol. The van der Waals surface area contributed by atoms with Crippen LogP contribution >= 0.6 is 0 Å². The molecular weight excluding hydrogens is 775 g/mol. The molecule has 0 aliphatic heterocycles. The molecule has 0 fully saturated rings. The Hall–Kier alpha value is -7.94. The Balaban J connectivity index is 1.10. The molecule has 0 atom stereocenters. The Bertz CT molecular complexity index is 3470. The number of benzene rings is 10. The molecule has 1 aliphatic carbocycles. The van der Waals surface area contributed by atoms with E-state index in [1.165, 1.54) is 72.0 Å². The van der Waals surface area contributed by atoms with Crippen molar-refractivity contribution in [3.63, 3.8) is 0 Å². The Morgan fingerprint density at radius 3 is 1.61 bits per heavy atom. The Morgan fingerprint density at radius 1 is 0.391 bits per heavy atom. The quantitative estimate of drug-likeness (QED) is 0.152. The van der Waals surface area contributed by atoms with Crippen molar-refractivity contribution >= 4 is 49.8 Å². The van der Waals surface area contributed by atoms with E-state index in [1.54, 1.807) is 0 Å². The molecule has 1 aromatic heterocycles. The predicted octanol–water partition coefficient (Wildman–Crippen LogP) is 17.0. The van der Waals surface area contributed by atoms with Gasteiger partial charge in [-0.2, -0.15) is 0 Å². The van der Waals surface area contributed by atoms with Crippen molar-refractivity contribution in [1.82, 2.24) is 0 Å². The fraction of sp³-hybridized carbons (Fsp3) is 0.0645. The van der Waals surface area contributed by atoms with E-state index in [9.17, 15) is 0 Å². The average Bonchev–Trinajstić information content (AvgIpc) is 3.88. The van der Waals surface area contributed by atoms with E-state index in [2.05, 4.69) is 243 Å². The highest BCUT2D eigenvalue weighted by atomic mass is 16.3. The third-order valence-corrected chi connectivity index (χ3v) is 13.5. The molecule has 64 heavy (non-hydrogen) atoms. The fourth-order valence-electron chi connectivity index (χ4n) is 10.6. The normalized spacial score (nSPS) is 12.8. The molecule has 12 rings (SSSR count). The molecule has 0 amide bonds. The molecule has 0 saturated heterocycles. The minimum absolute atomic E-state index is 0.348. The molecule has 0 radical (unpaired) electrons. The van der Waals surface area contributed by atoms with E-state index in [0.717, 1.165) is 39.0 Å². The molecule has 1 aliphatic rings. The van der Waals surface area contributed by atoms with Crippen molar-refractivity contribution in [2.24, 2.45) is 0 Å². The van der Waals surface area contributed by atoms with E-state index in [1.807, 2.05) is 6.07 Å². The van der Waals surface area contributed by atoms with Gasteiger partial charge in [-0.25, -0.2) is 0 Å². The molecule has 0 spiro atoms. The van der Waals surface area contributed by atoms with Gasteiger partial charge in [0, 0.05) is 27.8 Å². The number of nitrogens with zero attached hydrogens (tertiary/aromatic N) is 1. The monoisotopic (exact) mass is 819 g/mol. The van der Waals surface area contributed by atoms with Gasteiger partial charge < -0.3 is 9.32 Å². The van der Waals surface area contributed by atoms with E-state index in [-0.39, 0.29) is 0 Å². The minimum atomic E-state index is -0.543. The SMILES string of the molecule is CC(C)c1cccc2c1-c1ccc(N(c3ccc(-c4cc5ccccc5cc4-c4ccccc4)cc3)c3ccc4oc5ccccc5c4c3)cc1C2(c1ccccc1)c1ccccc1. The number of fused-ring (bicyclic) bond motifs is 7. The molecule has 0 unspecified atom stereocenters. The summed E-state index contributed by atoms with van der Waals surface area (Å²) in [5, 5.41) is 4.66. The van der Waals surface area contributed by atoms with E-state index < -0.39 is 5.41 Å². The van der Waals surface area contributed by atoms with Crippen molar-refractivity contribution in [3.8, 4) is 33.4 Å². The van der Waals surface area contributed by atoms with Crippen molar-refractivity contribution < 1.29 is 4.42 Å². The second kappa shape index (κ2) is 15.1. The van der Waals surface area contributed by atoms with Gasteiger partial charge >= 0.3 is 0 Å². The zero-order valence-electron chi connectivity index (χ0n) is 35.9. The Morgan fingerprint density at radius 2 is 0.938 bits per heavy atom. The molecule has 11 aromatic rings. The van der Waals surface area contributed by atoms with Gasteiger partial charge in [-0.15, -0.1) is 0 Å². The summed E-state index contributed by atoms with van der Waals surface area (Å²) in [5.74, 6) is 0.348. The predicted molar refractivity (Wildman–Crippen MR) is 268 cm³/mol. The van der Waals surface area contributed by atoms with Crippen LogP contribution in [-0.2, 0) is 5.41 Å². The lowest BCUT2D eigenvalue weighted by Crippen LogP contribution is -2.28. The molecule has 2 nitrogen and oxygen atoms in total. The van der Waals surface area contributed by atoms with E-state index in [0.29, 0.717) is 5.92 Å². The fourth-order valence-corrected chi connectivity index (χ4v) is 10.6. The van der Waals surface area contributed by atoms with Crippen molar-refractivity contribution in [1.29, 1.82) is 0 Å². The zero-order valence-corrected chi connectivity index (χ0v) is 35.9. The maximum absolute atomic E-state index is 6.38. The summed E-state index contributed by atoms with van der Waals surface area (Å²) < 4.78 is 6.38. The molecule has 2 heteroatoms. The van der Waals surface area contributed by atoms with Crippen LogP contribution in [0, 0.1) is 0 Å². The van der Waals surface area contributed by atoms with Gasteiger partial charge in [0.2, 0.25) is 0 Å². The third kappa shape index (κ3) is 5.94. The summed E-state index contributed by atoms with van der Waals surface area (Å²) in [4.78, 5) is 2.43. The first-order valence-electron chi connectivity index (χ1n) is 22.4. The highest BCUT2D eigenvalue weighted by molar-refractivity contribution is 6.07. The maximum atomic E-state index is 6.38. The van der Waals surface area contributed by atoms with Crippen LogP contribution in [0.2, 0.25) is 0 Å². The van der Waals surface area contributed by atoms with Crippen LogP contribution in [0.15, 0.2) is 235 Å². The largest absolute Gasteiger partial charge is 0.456 e. The van der Waals surface area contributed by atoms with Crippen molar-refractivity contribution in [2.45, 2.75) is 25.2 Å². The topological polar surface area (TPSA) is 16.4 Å². The van der Waals surface area contributed by atoms with Gasteiger partial charge in [0.1, 0.15) is 11.2 Å². The molecule has 304 valence electrons. The number of hydrogen-bond acceptors (Lipinski definition) is 2. The smallest absolute Gasteiger partial charge is 0.135 e. The van der Waals surface area contributed by atoms with Crippen LogP contribution in [-0.4, -0.2) is 0 Å². The highest BCUT2D eigenvalue weighted by Gasteiger charge is 2.47. The molecule has 0 bridgehead atoms. The summed E-state index contributed by atoms with van der Waals surface area (Å²) in [7, 11) is 0. The van der Waals surface area contributed by atoms with Gasteiger partial charge in [0.25, 0.3) is 0 Å². The summed E-state index contributed by atoms with van der Waals surface area (Å²) >= 11 is 0. The first-order chi connectivity index (χ1) is 31.6. The third-order valence-electron chi connectivity index (χ3n) is 13.5. The van der Waals surface area contributed by atoms with Gasteiger partial charge in [-0.1, -0.05) is 184 Å². The second-order valence-electron chi connectivity index (χ2n) is 17.4. The zero-order chi connectivity index (χ0) is 42.8. The first kappa shape index (κ1) is 37.8. The number of rotatable bonds is 8. The Kier molecular flexibility index (Phi) is 8.95. The minimum Gasteiger partial charge on any atom is -0.456 e. The molecule has 1 heterocycles. The number of anilines is 3. The number of para-hydroxylation sites is 1. The summed E-state index contributed by atoms with van der Waals surface area (Å²) in [5.41, 5.74) is 18.4. The molecule has 0 N–H and O–H groups in total. The molecule has 0 saturated carbocycles. The number of hydrogen-bond donors (Lipinski definition) is 0. The van der Waals surface area contributed by atoms with Crippen LogP contribution < -0.4 is 4.90 Å². The lowest BCUT2D eigenvalue weighted by Gasteiger charge is -2.35. The maximum Gasteiger partial charge on any atom is 0.135 e. The molecule has 10 aromatic carbocycles. The van der Waals surface area contributed by atoms with E-state index in [4.69, 9.17) is 4.42 Å². The van der Waals surface area contributed by atoms with Gasteiger partial charge in [-0.05, 0) is 139 Å². The van der Waals surface area contributed by atoms with Crippen molar-refractivity contribution in [3.05, 3.63) is 258 Å². The van der Waals surface area contributed by atoms with Crippen molar-refractivity contribution in [2.75, 3.05) is 4.90 Å². The van der Waals surface area contributed by atoms with Crippen LogP contribution in [0.4, 0.5) is 17.1 Å². The lowest BCUT2D eigenvalue weighted by atomic mass is 9.67. The first-order valence-corrected chi connectivity index (χ1v) is 22.4. The van der Waals surface area contributed by atoms with Gasteiger partial charge in [0.15, 0.2) is 0 Å².